The second-order valence-electron chi connectivity index (χ2n) is 6.57. The van der Waals surface area contributed by atoms with Crippen LogP contribution < -0.4 is 5.32 Å². The van der Waals surface area contributed by atoms with Gasteiger partial charge in [0, 0.05) is 42.8 Å². The van der Waals surface area contributed by atoms with Crippen LogP contribution in [0.4, 0.5) is 0 Å². The Bertz CT molecular complexity index is 792. The summed E-state index contributed by atoms with van der Waals surface area (Å²) in [6, 6.07) is 12.7. The van der Waals surface area contributed by atoms with Crippen LogP contribution in [0.2, 0.25) is 0 Å². The monoisotopic (exact) mass is 351 g/mol. The number of aliphatic hydroxyl groups is 1. The van der Waals surface area contributed by atoms with Crippen molar-refractivity contribution >= 4 is 10.8 Å². The fourth-order valence-electron chi connectivity index (χ4n) is 2.99. The average Bonchev–Trinajstić information content (AvgIpc) is 2.67. The number of hydrogen-bond acceptors (Lipinski definition) is 4. The van der Waals surface area contributed by atoms with Gasteiger partial charge < -0.3 is 10.4 Å². The molecule has 1 aromatic carbocycles. The summed E-state index contributed by atoms with van der Waals surface area (Å²) in [5, 5.41) is 16.1. The normalized spacial score (nSPS) is 13.2. The van der Waals surface area contributed by atoms with Gasteiger partial charge >= 0.3 is 0 Å². The molecular formula is C22H29N3O. The Morgan fingerprint density at radius 3 is 2.65 bits per heavy atom. The highest BCUT2D eigenvalue weighted by Gasteiger charge is 2.09. The molecule has 0 amide bonds. The Balaban J connectivity index is 0.00000243. The summed E-state index contributed by atoms with van der Waals surface area (Å²) in [5.41, 5.74) is 2.18. The van der Waals surface area contributed by atoms with Crippen LogP contribution in [0, 0.1) is 0 Å². The lowest BCUT2D eigenvalue weighted by molar-refractivity contribution is 0.162. The molecule has 0 bridgehead atoms. The molecule has 0 spiro atoms. The van der Waals surface area contributed by atoms with E-state index in [1.54, 1.807) is 12.4 Å². The van der Waals surface area contributed by atoms with E-state index in [4.69, 9.17) is 0 Å². The number of aliphatic hydroxyl groups excluding tert-OH is 1. The summed E-state index contributed by atoms with van der Waals surface area (Å²) < 4.78 is 0. The molecule has 26 heavy (non-hydrogen) atoms. The van der Waals surface area contributed by atoms with Crippen molar-refractivity contribution < 1.29 is 5.11 Å². The van der Waals surface area contributed by atoms with Crippen molar-refractivity contribution in [1.29, 1.82) is 0 Å². The van der Waals surface area contributed by atoms with E-state index >= 15 is 0 Å². The average molecular weight is 351 g/mol. The zero-order valence-corrected chi connectivity index (χ0v) is 14.6. The van der Waals surface area contributed by atoms with Crippen molar-refractivity contribution in [3.05, 3.63) is 72.3 Å². The van der Waals surface area contributed by atoms with Crippen LogP contribution >= 0.6 is 0 Å². The molecule has 0 aliphatic rings. The SMILES string of the molecule is C.C[C@H](CCCC(O)c1cccnc1)NCc1ccc2cnccc2c1. The molecule has 2 N–H and O–H groups in total. The largest absolute Gasteiger partial charge is 0.388 e. The first-order valence-electron chi connectivity index (χ1n) is 8.86. The van der Waals surface area contributed by atoms with Crippen molar-refractivity contribution in [2.24, 2.45) is 0 Å². The molecule has 3 rings (SSSR count). The number of nitrogens with zero attached hydrogens (tertiary/aromatic N) is 2. The number of pyridine rings is 2. The second-order valence-corrected chi connectivity index (χ2v) is 6.57. The number of aromatic nitrogens is 2. The van der Waals surface area contributed by atoms with Gasteiger partial charge in [-0.2, -0.15) is 0 Å². The highest BCUT2D eigenvalue weighted by atomic mass is 16.3. The molecule has 138 valence electrons. The third-order valence-electron chi connectivity index (χ3n) is 4.54. The molecule has 0 fully saturated rings. The van der Waals surface area contributed by atoms with Crippen LogP contribution in [0.15, 0.2) is 61.2 Å². The number of rotatable bonds is 8. The van der Waals surface area contributed by atoms with Crippen LogP contribution in [0.1, 0.15) is 50.8 Å². The van der Waals surface area contributed by atoms with E-state index in [-0.39, 0.29) is 7.43 Å². The van der Waals surface area contributed by atoms with Gasteiger partial charge in [-0.25, -0.2) is 0 Å². The van der Waals surface area contributed by atoms with Crippen LogP contribution in [-0.2, 0) is 6.54 Å². The molecule has 2 heterocycles. The third-order valence-corrected chi connectivity index (χ3v) is 4.54. The minimum atomic E-state index is -0.421. The molecule has 0 aliphatic heterocycles. The van der Waals surface area contributed by atoms with E-state index in [9.17, 15) is 5.11 Å². The van der Waals surface area contributed by atoms with Crippen molar-refractivity contribution in [3.8, 4) is 0 Å². The molecule has 2 atom stereocenters. The molecule has 0 saturated heterocycles. The fourth-order valence-corrected chi connectivity index (χ4v) is 2.99. The van der Waals surface area contributed by atoms with Gasteiger partial charge in [-0.05, 0) is 60.9 Å². The summed E-state index contributed by atoms with van der Waals surface area (Å²) in [7, 11) is 0. The van der Waals surface area contributed by atoms with E-state index in [2.05, 4.69) is 40.4 Å². The molecule has 3 aromatic rings. The van der Waals surface area contributed by atoms with Gasteiger partial charge in [0.05, 0.1) is 6.10 Å². The van der Waals surface area contributed by atoms with Crippen LogP contribution in [0.25, 0.3) is 10.8 Å². The minimum Gasteiger partial charge on any atom is -0.388 e. The van der Waals surface area contributed by atoms with Gasteiger partial charge in [-0.1, -0.05) is 25.6 Å². The smallest absolute Gasteiger partial charge is 0.0804 e. The molecule has 1 unspecified atom stereocenters. The summed E-state index contributed by atoms with van der Waals surface area (Å²) in [6.45, 7) is 3.05. The second kappa shape index (κ2) is 10.00. The predicted octanol–water partition coefficient (Wildman–Crippen LogP) is 4.65. The van der Waals surface area contributed by atoms with Crippen molar-refractivity contribution in [2.45, 2.75) is 52.3 Å². The van der Waals surface area contributed by atoms with Gasteiger partial charge in [0.1, 0.15) is 0 Å². The minimum absolute atomic E-state index is 0. The molecule has 0 saturated carbocycles. The lowest BCUT2D eigenvalue weighted by Crippen LogP contribution is -2.25. The van der Waals surface area contributed by atoms with E-state index in [0.717, 1.165) is 31.4 Å². The predicted molar refractivity (Wildman–Crippen MR) is 108 cm³/mol. The Morgan fingerprint density at radius 1 is 1.00 bits per heavy atom. The highest BCUT2D eigenvalue weighted by Crippen LogP contribution is 2.19. The highest BCUT2D eigenvalue weighted by molar-refractivity contribution is 5.81. The lowest BCUT2D eigenvalue weighted by Gasteiger charge is -2.16. The Morgan fingerprint density at radius 2 is 1.85 bits per heavy atom. The Labute approximate surface area is 156 Å². The van der Waals surface area contributed by atoms with E-state index in [0.29, 0.717) is 6.04 Å². The zero-order chi connectivity index (χ0) is 17.5. The van der Waals surface area contributed by atoms with E-state index in [1.165, 1.54) is 16.3 Å². The van der Waals surface area contributed by atoms with Crippen LogP contribution in [0.3, 0.4) is 0 Å². The molecule has 0 aliphatic carbocycles. The molecule has 2 aromatic heterocycles. The molecule has 4 nitrogen and oxygen atoms in total. The number of benzene rings is 1. The van der Waals surface area contributed by atoms with Gasteiger partial charge in [0.25, 0.3) is 0 Å². The van der Waals surface area contributed by atoms with Gasteiger partial charge in [0.2, 0.25) is 0 Å². The first-order valence-corrected chi connectivity index (χ1v) is 8.86. The number of nitrogens with one attached hydrogen (secondary N) is 1. The third kappa shape index (κ3) is 5.61. The van der Waals surface area contributed by atoms with Gasteiger partial charge in [-0.3, -0.25) is 9.97 Å². The fraction of sp³-hybridized carbons (Fsp3) is 0.364. The van der Waals surface area contributed by atoms with Crippen molar-refractivity contribution in [3.63, 3.8) is 0 Å². The van der Waals surface area contributed by atoms with Crippen LogP contribution in [-0.4, -0.2) is 21.1 Å². The Hall–Kier alpha value is -2.30. The summed E-state index contributed by atoms with van der Waals surface area (Å²) in [6.07, 6.45) is 9.55. The van der Waals surface area contributed by atoms with Crippen LogP contribution in [0.5, 0.6) is 0 Å². The quantitative estimate of drug-likeness (QED) is 0.620. The first-order chi connectivity index (χ1) is 12.2. The molecule has 4 heteroatoms. The summed E-state index contributed by atoms with van der Waals surface area (Å²) >= 11 is 0. The lowest BCUT2D eigenvalue weighted by atomic mass is 10.0. The summed E-state index contributed by atoms with van der Waals surface area (Å²) in [4.78, 5) is 8.20. The maximum atomic E-state index is 10.2. The van der Waals surface area contributed by atoms with E-state index in [1.807, 2.05) is 30.6 Å². The zero-order valence-electron chi connectivity index (χ0n) is 14.6. The first kappa shape index (κ1) is 20.0. The van der Waals surface area contributed by atoms with Gasteiger partial charge in [-0.15, -0.1) is 0 Å². The van der Waals surface area contributed by atoms with Gasteiger partial charge in [0.15, 0.2) is 0 Å². The molecule has 0 radical (unpaired) electrons. The van der Waals surface area contributed by atoms with Crippen molar-refractivity contribution in [2.75, 3.05) is 0 Å². The van der Waals surface area contributed by atoms with Crippen molar-refractivity contribution in [1.82, 2.24) is 15.3 Å². The number of fused-ring (bicyclic) bond motifs is 1. The number of hydrogen-bond donors (Lipinski definition) is 2. The molecular weight excluding hydrogens is 322 g/mol. The maximum Gasteiger partial charge on any atom is 0.0804 e. The maximum absolute atomic E-state index is 10.2. The van der Waals surface area contributed by atoms with E-state index < -0.39 is 6.10 Å². The topological polar surface area (TPSA) is 58.0 Å². The standard InChI is InChI=1S/C21H25N3O.CH4/c1-16(4-2-6-21(25)20-5-3-10-22-15-20)24-13-17-7-8-19-14-23-11-9-18(19)12-17;/h3,5,7-12,14-16,21,24-25H,2,4,6,13H2,1H3;1H4/t16-,21?;/m1./s1. The Kier molecular flexibility index (Phi) is 7.70. The summed E-state index contributed by atoms with van der Waals surface area (Å²) in [5.74, 6) is 0.